The van der Waals surface area contributed by atoms with Crippen LogP contribution in [0.1, 0.15) is 67.2 Å². The van der Waals surface area contributed by atoms with Gasteiger partial charge < -0.3 is 4.74 Å². The van der Waals surface area contributed by atoms with Crippen LogP contribution in [0.25, 0.3) is 0 Å². The molecule has 2 rings (SSSR count). The Bertz CT molecular complexity index is 718. The molecule has 0 aromatic heterocycles. The van der Waals surface area contributed by atoms with E-state index in [1.165, 1.54) is 6.42 Å². The minimum Gasteiger partial charge on any atom is -0.465 e. The molecule has 140 valence electrons. The monoisotopic (exact) mass is 374 g/mol. The molecule has 4 nitrogen and oxygen atoms in total. The first kappa shape index (κ1) is 20.4. The number of hydrogen-bond acceptors (Lipinski definition) is 5. The summed E-state index contributed by atoms with van der Waals surface area (Å²) in [5.74, 6) is 0.0508. The highest BCUT2D eigenvalue weighted by atomic mass is 32.2. The molecule has 0 unspecified atom stereocenters. The second-order valence-electron chi connectivity index (χ2n) is 6.91. The second-order valence-corrected chi connectivity index (χ2v) is 7.90. The van der Waals surface area contributed by atoms with Gasteiger partial charge in [-0.1, -0.05) is 57.4 Å². The Kier molecular flexibility index (Phi) is 7.64. The Morgan fingerprint density at radius 3 is 2.35 bits per heavy atom. The lowest BCUT2D eigenvalue weighted by molar-refractivity contribution is -0.140. The molecular formula is C21H26O4S. The van der Waals surface area contributed by atoms with Gasteiger partial charge in [-0.2, -0.15) is 0 Å². The van der Waals surface area contributed by atoms with Crippen LogP contribution < -0.4 is 0 Å². The maximum Gasteiger partial charge on any atom is 0.316 e. The lowest BCUT2D eigenvalue weighted by Crippen LogP contribution is -2.20. The molecule has 0 N–H and O–H groups in total. The summed E-state index contributed by atoms with van der Waals surface area (Å²) in [6, 6.07) is 6.79. The van der Waals surface area contributed by atoms with Gasteiger partial charge in [-0.15, -0.1) is 11.8 Å². The number of carbonyl (C=O) groups excluding carboxylic acids is 3. The average Bonchev–Trinajstić information content (AvgIpc) is 2.62. The van der Waals surface area contributed by atoms with E-state index in [2.05, 4.69) is 13.8 Å². The van der Waals surface area contributed by atoms with Gasteiger partial charge in [-0.25, -0.2) is 0 Å². The summed E-state index contributed by atoms with van der Waals surface area (Å²) in [5, 5.41) is 0. The van der Waals surface area contributed by atoms with Crippen molar-refractivity contribution in [3.8, 4) is 0 Å². The molecule has 0 aliphatic heterocycles. The first-order valence-corrected chi connectivity index (χ1v) is 10.1. The van der Waals surface area contributed by atoms with Gasteiger partial charge in [0.2, 0.25) is 5.78 Å². The van der Waals surface area contributed by atoms with Gasteiger partial charge in [0, 0.05) is 16.7 Å². The minimum absolute atomic E-state index is 0.0415. The van der Waals surface area contributed by atoms with Crippen molar-refractivity contribution >= 4 is 29.3 Å². The lowest BCUT2D eigenvalue weighted by Gasteiger charge is -2.18. The maximum atomic E-state index is 12.6. The third kappa shape index (κ3) is 5.31. The maximum absolute atomic E-state index is 12.6. The number of hydrogen-bond donors (Lipinski definition) is 0. The van der Waals surface area contributed by atoms with Crippen LogP contribution in [-0.2, 0) is 9.53 Å². The van der Waals surface area contributed by atoms with Gasteiger partial charge in [0.15, 0.2) is 5.78 Å². The van der Waals surface area contributed by atoms with Gasteiger partial charge in [-0.05, 0) is 19.3 Å². The molecule has 0 bridgehead atoms. The topological polar surface area (TPSA) is 60.4 Å². The molecule has 5 heteroatoms. The molecule has 1 aromatic rings. The summed E-state index contributed by atoms with van der Waals surface area (Å²) >= 11 is 1.10. The summed E-state index contributed by atoms with van der Waals surface area (Å²) in [6.07, 6.45) is 4.24. The zero-order chi connectivity index (χ0) is 19.1. The van der Waals surface area contributed by atoms with E-state index >= 15 is 0 Å². The van der Waals surface area contributed by atoms with E-state index in [1.54, 1.807) is 31.2 Å². The number of ketones is 2. The van der Waals surface area contributed by atoms with Gasteiger partial charge in [-0.3, -0.25) is 14.4 Å². The smallest absolute Gasteiger partial charge is 0.316 e. The van der Waals surface area contributed by atoms with E-state index in [0.717, 1.165) is 31.0 Å². The third-order valence-corrected chi connectivity index (χ3v) is 5.49. The summed E-state index contributed by atoms with van der Waals surface area (Å²) in [6.45, 7) is 6.44. The first-order valence-electron chi connectivity index (χ1n) is 9.09. The molecule has 0 saturated heterocycles. The molecule has 1 aromatic carbocycles. The number of esters is 1. The molecule has 0 atom stereocenters. The van der Waals surface area contributed by atoms with Crippen molar-refractivity contribution in [2.75, 3.05) is 12.4 Å². The normalized spacial score (nSPS) is 14.0. The van der Waals surface area contributed by atoms with Crippen molar-refractivity contribution in [3.63, 3.8) is 0 Å². The van der Waals surface area contributed by atoms with Crippen molar-refractivity contribution in [1.29, 1.82) is 0 Å². The number of ether oxygens (including phenoxy) is 1. The van der Waals surface area contributed by atoms with Crippen LogP contribution in [0.2, 0.25) is 0 Å². The molecule has 1 aliphatic carbocycles. The second kappa shape index (κ2) is 9.72. The van der Waals surface area contributed by atoms with Crippen molar-refractivity contribution in [3.05, 3.63) is 45.9 Å². The third-order valence-electron chi connectivity index (χ3n) is 4.33. The van der Waals surface area contributed by atoms with Gasteiger partial charge in [0.25, 0.3) is 0 Å². The van der Waals surface area contributed by atoms with Gasteiger partial charge in [0.05, 0.1) is 17.3 Å². The lowest BCUT2D eigenvalue weighted by atomic mass is 9.90. The van der Waals surface area contributed by atoms with Gasteiger partial charge in [0.1, 0.15) is 0 Å². The van der Waals surface area contributed by atoms with Crippen LogP contribution in [-0.4, -0.2) is 29.9 Å². The number of benzene rings is 1. The number of thioether (sulfide) groups is 1. The molecule has 0 fully saturated rings. The van der Waals surface area contributed by atoms with E-state index in [9.17, 15) is 14.4 Å². The van der Waals surface area contributed by atoms with E-state index < -0.39 is 0 Å². The number of rotatable bonds is 9. The number of unbranched alkanes of at least 4 members (excludes halogenated alkanes) is 2. The number of allylic oxidation sites excluding steroid dienone is 2. The number of fused-ring (bicyclic) bond motifs is 1. The molecule has 26 heavy (non-hydrogen) atoms. The number of carbonyl (C=O) groups is 3. The summed E-state index contributed by atoms with van der Waals surface area (Å²) in [7, 11) is 0. The molecule has 0 heterocycles. The molecule has 1 aliphatic rings. The Labute approximate surface area is 159 Å². The first-order chi connectivity index (χ1) is 12.4. The minimum atomic E-state index is -0.349. The predicted molar refractivity (Wildman–Crippen MR) is 105 cm³/mol. The summed E-state index contributed by atoms with van der Waals surface area (Å²) in [5.41, 5.74) is 1.24. The Hall–Kier alpha value is -1.88. The van der Waals surface area contributed by atoms with Crippen molar-refractivity contribution < 1.29 is 19.1 Å². The van der Waals surface area contributed by atoms with Crippen molar-refractivity contribution in [2.45, 2.75) is 46.5 Å². The molecule has 0 spiro atoms. The fourth-order valence-electron chi connectivity index (χ4n) is 2.84. The number of Topliss-reactive ketones (excluding diaryl/α,β-unsaturated/α-hetero) is 2. The molecule has 0 radical (unpaired) electrons. The SMILES string of the molecule is CC1=C(SCC(=O)OCCCCCC(C)C)C(=O)c2ccccc2C1=O. The molecule has 0 saturated carbocycles. The van der Waals surface area contributed by atoms with E-state index in [0.29, 0.717) is 34.1 Å². The largest absolute Gasteiger partial charge is 0.465 e. The zero-order valence-corrected chi connectivity index (χ0v) is 16.5. The predicted octanol–water partition coefficient (Wildman–Crippen LogP) is 4.83. The Morgan fingerprint density at radius 2 is 1.69 bits per heavy atom. The van der Waals surface area contributed by atoms with Crippen molar-refractivity contribution in [2.24, 2.45) is 5.92 Å². The summed E-state index contributed by atoms with van der Waals surface area (Å²) < 4.78 is 5.23. The highest BCUT2D eigenvalue weighted by Crippen LogP contribution is 2.32. The highest BCUT2D eigenvalue weighted by Gasteiger charge is 2.30. The van der Waals surface area contributed by atoms with Crippen LogP contribution >= 0.6 is 11.8 Å². The Morgan fingerprint density at radius 1 is 1.04 bits per heavy atom. The van der Waals surface area contributed by atoms with E-state index in [1.807, 2.05) is 0 Å². The molecule has 0 amide bonds. The Balaban J connectivity index is 1.82. The average molecular weight is 375 g/mol. The van der Waals surface area contributed by atoms with Crippen LogP contribution in [0.5, 0.6) is 0 Å². The fourth-order valence-corrected chi connectivity index (χ4v) is 3.74. The summed E-state index contributed by atoms with van der Waals surface area (Å²) in [4.78, 5) is 37.2. The van der Waals surface area contributed by atoms with Crippen LogP contribution in [0, 0.1) is 5.92 Å². The highest BCUT2D eigenvalue weighted by molar-refractivity contribution is 8.04. The van der Waals surface area contributed by atoms with Crippen LogP contribution in [0.4, 0.5) is 0 Å². The quantitative estimate of drug-likeness (QED) is 0.457. The van der Waals surface area contributed by atoms with Crippen LogP contribution in [0.3, 0.4) is 0 Å². The molecular weight excluding hydrogens is 348 g/mol. The van der Waals surface area contributed by atoms with Crippen molar-refractivity contribution in [1.82, 2.24) is 0 Å². The standard InChI is InChI=1S/C21H26O4S/c1-14(2)9-5-4-8-12-25-18(22)13-26-21-15(3)19(23)16-10-6-7-11-17(16)20(21)24/h6-7,10-11,14H,4-5,8-9,12-13H2,1-3H3. The fraction of sp³-hybridized carbons (Fsp3) is 0.476. The van der Waals surface area contributed by atoms with Gasteiger partial charge >= 0.3 is 5.97 Å². The van der Waals surface area contributed by atoms with E-state index in [-0.39, 0.29) is 23.3 Å². The zero-order valence-electron chi connectivity index (χ0n) is 15.7. The van der Waals surface area contributed by atoms with Crippen LogP contribution in [0.15, 0.2) is 34.7 Å². The van der Waals surface area contributed by atoms with E-state index in [4.69, 9.17) is 4.74 Å².